The fourth-order valence-electron chi connectivity index (χ4n) is 2.15. The first-order valence-corrected chi connectivity index (χ1v) is 8.46. The number of benzene rings is 1. The quantitative estimate of drug-likeness (QED) is 0.690. The highest BCUT2D eigenvalue weighted by atomic mass is 32.2. The molecule has 0 aliphatic heterocycles. The Balaban J connectivity index is 1.86. The van der Waals surface area contributed by atoms with E-state index in [1.165, 1.54) is 11.8 Å². The molecule has 8 heteroatoms. The van der Waals surface area contributed by atoms with Crippen LogP contribution in [0.3, 0.4) is 0 Å². The van der Waals surface area contributed by atoms with Gasteiger partial charge >= 0.3 is 0 Å². The predicted octanol–water partition coefficient (Wildman–Crippen LogP) is 2.03. The highest BCUT2D eigenvalue weighted by molar-refractivity contribution is 7.99. The summed E-state index contributed by atoms with van der Waals surface area (Å²) < 4.78 is 6.83. The molecule has 0 saturated carbocycles. The van der Waals surface area contributed by atoms with E-state index in [1.807, 2.05) is 43.3 Å². The molecule has 0 radical (unpaired) electrons. The van der Waals surface area contributed by atoms with Gasteiger partial charge in [0, 0.05) is 12.1 Å². The summed E-state index contributed by atoms with van der Waals surface area (Å²) >= 11 is 1.31. The number of hydrogen-bond donors (Lipinski definition) is 1. The number of amides is 1. The van der Waals surface area contributed by atoms with E-state index < -0.39 is 0 Å². The molecular formula is C16H17N5O2S. The van der Waals surface area contributed by atoms with E-state index in [9.17, 15) is 4.79 Å². The lowest BCUT2D eigenvalue weighted by Gasteiger charge is -2.04. The average Bonchev–Trinajstić information content (AvgIpc) is 3.02. The van der Waals surface area contributed by atoms with E-state index in [0.717, 1.165) is 17.0 Å². The summed E-state index contributed by atoms with van der Waals surface area (Å²) in [5.74, 6) is 1.04. The molecule has 0 bridgehead atoms. The van der Waals surface area contributed by atoms with Crippen LogP contribution in [0.4, 0.5) is 0 Å². The maximum absolute atomic E-state index is 11.6. The minimum Gasteiger partial charge on any atom is -0.497 e. The van der Waals surface area contributed by atoms with Crippen LogP contribution in [0.5, 0.6) is 5.75 Å². The van der Waals surface area contributed by atoms with E-state index in [4.69, 9.17) is 4.74 Å². The molecule has 0 saturated heterocycles. The molecule has 0 aliphatic carbocycles. The van der Waals surface area contributed by atoms with Crippen LogP contribution in [0, 0.1) is 0 Å². The molecule has 24 heavy (non-hydrogen) atoms. The Kier molecular flexibility index (Phi) is 4.95. The largest absolute Gasteiger partial charge is 0.497 e. The first-order chi connectivity index (χ1) is 11.7. The molecule has 0 unspecified atom stereocenters. The molecule has 0 spiro atoms. The van der Waals surface area contributed by atoms with Crippen molar-refractivity contribution >= 4 is 23.3 Å². The minimum absolute atomic E-state index is 0.0365. The first-order valence-electron chi connectivity index (χ1n) is 7.47. The van der Waals surface area contributed by atoms with Crippen molar-refractivity contribution in [2.45, 2.75) is 12.1 Å². The van der Waals surface area contributed by atoms with E-state index in [-0.39, 0.29) is 11.7 Å². The van der Waals surface area contributed by atoms with E-state index in [2.05, 4.69) is 20.6 Å². The first kappa shape index (κ1) is 16.3. The lowest BCUT2D eigenvalue weighted by molar-refractivity contribution is -0.118. The Hall–Kier alpha value is -2.61. The summed E-state index contributed by atoms with van der Waals surface area (Å²) in [6.07, 6.45) is 0. The van der Waals surface area contributed by atoms with Crippen molar-refractivity contribution in [3.05, 3.63) is 36.4 Å². The number of aromatic nitrogens is 4. The molecule has 1 N–H and O–H groups in total. The smallest absolute Gasteiger partial charge is 0.230 e. The molecule has 2 heterocycles. The Bertz CT molecular complexity index is 847. The maximum atomic E-state index is 11.6. The summed E-state index contributed by atoms with van der Waals surface area (Å²) in [6, 6.07) is 11.4. The van der Waals surface area contributed by atoms with Gasteiger partial charge in [-0.25, -0.2) is 0 Å². The Morgan fingerprint density at radius 2 is 2.00 bits per heavy atom. The summed E-state index contributed by atoms with van der Waals surface area (Å²) in [4.78, 5) is 11.6. The van der Waals surface area contributed by atoms with E-state index in [1.54, 1.807) is 11.6 Å². The van der Waals surface area contributed by atoms with Crippen molar-refractivity contribution in [3.8, 4) is 17.0 Å². The normalized spacial score (nSPS) is 10.8. The summed E-state index contributed by atoms with van der Waals surface area (Å²) in [5, 5.41) is 16.1. The second-order valence-electron chi connectivity index (χ2n) is 4.94. The van der Waals surface area contributed by atoms with Gasteiger partial charge in [-0.2, -0.15) is 9.61 Å². The topological polar surface area (TPSA) is 81.4 Å². The third kappa shape index (κ3) is 3.48. The molecule has 1 amide bonds. The Morgan fingerprint density at radius 3 is 2.71 bits per heavy atom. The zero-order valence-electron chi connectivity index (χ0n) is 13.4. The van der Waals surface area contributed by atoms with Crippen molar-refractivity contribution in [1.82, 2.24) is 25.1 Å². The van der Waals surface area contributed by atoms with E-state index >= 15 is 0 Å². The van der Waals surface area contributed by atoms with Crippen molar-refractivity contribution in [2.24, 2.45) is 0 Å². The predicted molar refractivity (Wildman–Crippen MR) is 92.2 cm³/mol. The number of carbonyl (C=O) groups excluding carboxylic acids is 1. The molecule has 1 aromatic carbocycles. The van der Waals surface area contributed by atoms with Gasteiger partial charge in [-0.1, -0.05) is 11.8 Å². The van der Waals surface area contributed by atoms with Gasteiger partial charge in [0.05, 0.1) is 18.6 Å². The second kappa shape index (κ2) is 7.31. The number of nitrogens with zero attached hydrogens (tertiary/aromatic N) is 4. The molecule has 0 aliphatic rings. The number of methoxy groups -OCH3 is 1. The van der Waals surface area contributed by atoms with Crippen molar-refractivity contribution < 1.29 is 9.53 Å². The van der Waals surface area contributed by atoms with Crippen LogP contribution < -0.4 is 10.1 Å². The van der Waals surface area contributed by atoms with Crippen molar-refractivity contribution in [3.63, 3.8) is 0 Å². The minimum atomic E-state index is -0.0365. The molecule has 2 aromatic heterocycles. The summed E-state index contributed by atoms with van der Waals surface area (Å²) in [7, 11) is 1.63. The van der Waals surface area contributed by atoms with Crippen LogP contribution in [0.15, 0.2) is 41.6 Å². The second-order valence-corrected chi connectivity index (χ2v) is 5.88. The standard InChI is InChI=1S/C16H17N5O2S/c1-3-17-15(22)10-24-16-19-18-14-9-8-13(20-21(14)16)11-4-6-12(23-2)7-5-11/h4-9H,3,10H2,1-2H3,(H,17,22). The Morgan fingerprint density at radius 1 is 1.21 bits per heavy atom. The van der Waals surface area contributed by atoms with Gasteiger partial charge in [0.15, 0.2) is 5.65 Å². The number of carbonyl (C=O) groups is 1. The maximum Gasteiger partial charge on any atom is 0.230 e. The third-order valence-electron chi connectivity index (χ3n) is 3.33. The van der Waals surface area contributed by atoms with Gasteiger partial charge in [-0.05, 0) is 43.3 Å². The molecule has 3 aromatic rings. The molecule has 124 valence electrons. The summed E-state index contributed by atoms with van der Waals surface area (Å²) in [6.45, 7) is 2.50. The number of ether oxygens (including phenoxy) is 1. The van der Waals surface area contributed by atoms with Crippen LogP contribution in [0.2, 0.25) is 0 Å². The number of rotatable bonds is 6. The van der Waals surface area contributed by atoms with Gasteiger partial charge in [0.2, 0.25) is 11.1 Å². The van der Waals surface area contributed by atoms with Gasteiger partial charge in [0.25, 0.3) is 0 Å². The number of nitrogens with one attached hydrogen (secondary N) is 1. The van der Waals surface area contributed by atoms with Crippen LogP contribution in [0.25, 0.3) is 16.9 Å². The lowest BCUT2D eigenvalue weighted by atomic mass is 10.1. The van der Waals surface area contributed by atoms with Gasteiger partial charge in [-0.3, -0.25) is 4.79 Å². The zero-order chi connectivity index (χ0) is 16.9. The highest BCUT2D eigenvalue weighted by Gasteiger charge is 2.11. The zero-order valence-corrected chi connectivity index (χ0v) is 14.2. The van der Waals surface area contributed by atoms with Gasteiger partial charge in [-0.15, -0.1) is 10.2 Å². The number of hydrogen-bond acceptors (Lipinski definition) is 6. The van der Waals surface area contributed by atoms with Crippen LogP contribution in [0.1, 0.15) is 6.92 Å². The molecule has 0 atom stereocenters. The van der Waals surface area contributed by atoms with Crippen molar-refractivity contribution in [1.29, 1.82) is 0 Å². The monoisotopic (exact) mass is 343 g/mol. The van der Waals surface area contributed by atoms with Crippen molar-refractivity contribution in [2.75, 3.05) is 19.4 Å². The average molecular weight is 343 g/mol. The fraction of sp³-hybridized carbons (Fsp3) is 0.250. The molecule has 3 rings (SSSR count). The number of thioether (sulfide) groups is 1. The van der Waals surface area contributed by atoms with Crippen LogP contribution >= 0.6 is 11.8 Å². The number of fused-ring (bicyclic) bond motifs is 1. The lowest BCUT2D eigenvalue weighted by Crippen LogP contribution is -2.24. The highest BCUT2D eigenvalue weighted by Crippen LogP contribution is 2.22. The molecule has 0 fully saturated rings. The molecular weight excluding hydrogens is 326 g/mol. The van der Waals surface area contributed by atoms with E-state index in [0.29, 0.717) is 17.3 Å². The van der Waals surface area contributed by atoms with Gasteiger partial charge in [0.1, 0.15) is 5.75 Å². The van der Waals surface area contributed by atoms with Crippen LogP contribution in [-0.4, -0.2) is 45.1 Å². The summed E-state index contributed by atoms with van der Waals surface area (Å²) in [5.41, 5.74) is 2.40. The molecule has 7 nitrogen and oxygen atoms in total. The SMILES string of the molecule is CCNC(=O)CSc1nnc2ccc(-c3ccc(OC)cc3)nn12. The fourth-order valence-corrected chi connectivity index (χ4v) is 2.87. The Labute approximate surface area is 143 Å². The third-order valence-corrected chi connectivity index (χ3v) is 4.25. The van der Waals surface area contributed by atoms with Gasteiger partial charge < -0.3 is 10.1 Å². The van der Waals surface area contributed by atoms with Crippen LogP contribution in [-0.2, 0) is 4.79 Å².